The molecule has 2 nitrogen and oxygen atoms in total. The summed E-state index contributed by atoms with van der Waals surface area (Å²) < 4.78 is 12.4. The minimum absolute atomic E-state index is 0.164. The molecule has 0 spiro atoms. The quantitative estimate of drug-likeness (QED) is 0.0448. The van der Waals surface area contributed by atoms with Gasteiger partial charge in [0, 0.05) is 34.5 Å². The predicted octanol–water partition coefficient (Wildman–Crippen LogP) is 9.14. The van der Waals surface area contributed by atoms with Crippen molar-refractivity contribution in [3.05, 3.63) is 170 Å². The molecule has 0 bridgehead atoms. The Labute approximate surface area is 303 Å². The lowest BCUT2D eigenvalue weighted by Crippen LogP contribution is -2.23. The van der Waals surface area contributed by atoms with Gasteiger partial charge in [-0.05, 0) is 94.7 Å². The average molecular weight is 683 g/mol. The first-order valence-corrected chi connectivity index (χ1v) is 18.9. The molecule has 0 N–H and O–H groups in total. The summed E-state index contributed by atoms with van der Waals surface area (Å²) in [5.41, 5.74) is 3.96. The number of fused-ring (bicyclic) bond motifs is 2. The molecule has 0 aliphatic heterocycles. The molecule has 0 heterocycles. The van der Waals surface area contributed by atoms with Crippen molar-refractivity contribution < 1.29 is 8.85 Å². The van der Waals surface area contributed by atoms with Gasteiger partial charge in [0.15, 0.2) is 0 Å². The summed E-state index contributed by atoms with van der Waals surface area (Å²) in [5, 5.41) is 6.70. The molecule has 246 valence electrons. The van der Waals surface area contributed by atoms with Crippen LogP contribution in [0.1, 0.15) is 60.8 Å². The van der Waals surface area contributed by atoms with Crippen LogP contribution in [0.3, 0.4) is 0 Å². The van der Waals surface area contributed by atoms with Crippen LogP contribution in [0.2, 0.25) is 0 Å². The first kappa shape index (κ1) is 36.3. The number of allylic oxidation sites excluding steroid dienone is 2. The zero-order valence-corrected chi connectivity index (χ0v) is 30.6. The van der Waals surface area contributed by atoms with Crippen molar-refractivity contribution in [1.29, 1.82) is 0 Å². The van der Waals surface area contributed by atoms with Gasteiger partial charge in [0.1, 0.15) is 0 Å². The zero-order valence-electron chi connectivity index (χ0n) is 28.6. The number of hydrogen-bond donors (Lipinski definition) is 0. The lowest BCUT2D eigenvalue weighted by Gasteiger charge is -2.15. The van der Waals surface area contributed by atoms with E-state index in [1.807, 2.05) is 24.3 Å². The van der Waals surface area contributed by atoms with Gasteiger partial charge >= 0.3 is 0 Å². The third kappa shape index (κ3) is 10.0. The molecule has 0 aliphatic rings. The maximum atomic E-state index is 6.19. The normalized spacial score (nSPS) is 11.8. The first-order valence-electron chi connectivity index (χ1n) is 17.1. The molecule has 0 aromatic heterocycles. The second-order valence-electron chi connectivity index (χ2n) is 12.0. The predicted molar refractivity (Wildman–Crippen MR) is 215 cm³/mol. The molecule has 4 radical (unpaired) electrons. The van der Waals surface area contributed by atoms with Crippen molar-refractivity contribution in [2.24, 2.45) is 0 Å². The minimum atomic E-state index is 0.164. The highest BCUT2D eigenvalue weighted by Crippen LogP contribution is 2.32. The van der Waals surface area contributed by atoms with E-state index in [0.29, 0.717) is 0 Å². The van der Waals surface area contributed by atoms with E-state index < -0.39 is 0 Å². The Hall–Kier alpha value is -4.95. The van der Waals surface area contributed by atoms with Crippen LogP contribution in [0.15, 0.2) is 148 Å². The fourth-order valence-electron chi connectivity index (χ4n) is 5.64. The van der Waals surface area contributed by atoms with Crippen molar-refractivity contribution in [2.75, 3.05) is 0 Å². The fourth-order valence-corrected chi connectivity index (χ4v) is 7.28. The Morgan fingerprint density at radius 1 is 0.480 bits per heavy atom. The number of benzene rings is 5. The zero-order chi connectivity index (χ0) is 35.0. The van der Waals surface area contributed by atoms with Gasteiger partial charge in [-0.25, -0.2) is 0 Å². The number of hydrogen-bond acceptors (Lipinski definition) is 2. The lowest BCUT2D eigenvalue weighted by atomic mass is 9.92. The van der Waals surface area contributed by atoms with Crippen LogP contribution < -0.4 is 10.4 Å². The maximum absolute atomic E-state index is 6.19. The Morgan fingerprint density at radius 2 is 0.840 bits per heavy atom. The highest BCUT2D eigenvalue weighted by molar-refractivity contribution is 6.47. The van der Waals surface area contributed by atoms with Crippen molar-refractivity contribution in [1.82, 2.24) is 0 Å². The van der Waals surface area contributed by atoms with Gasteiger partial charge in [0.2, 0.25) is 0 Å². The summed E-state index contributed by atoms with van der Waals surface area (Å²) in [7, 11) is 0.564. The van der Waals surface area contributed by atoms with Gasteiger partial charge in [-0.15, -0.1) is 26.3 Å². The first-order chi connectivity index (χ1) is 24.6. The highest BCUT2D eigenvalue weighted by Gasteiger charge is 2.12. The van der Waals surface area contributed by atoms with E-state index in [4.69, 9.17) is 8.85 Å². The van der Waals surface area contributed by atoms with E-state index in [2.05, 4.69) is 147 Å². The SMILES string of the molecule is C=CCCC(CC=C)O[Si]c1ccc(C#Cc2c3ccccc3c(C#Cc3ccc([Si]OC(CC=C)CCC=C)cc3)c3ccccc23)cc1. The molecule has 5 rings (SSSR count). The summed E-state index contributed by atoms with van der Waals surface area (Å²) in [6.45, 7) is 15.4. The van der Waals surface area contributed by atoms with Gasteiger partial charge in [-0.1, -0.05) is 121 Å². The smallest absolute Gasteiger partial charge is 0.269 e. The second kappa shape index (κ2) is 19.3. The van der Waals surface area contributed by atoms with E-state index in [1.165, 1.54) is 0 Å². The van der Waals surface area contributed by atoms with E-state index in [-0.39, 0.29) is 31.7 Å². The van der Waals surface area contributed by atoms with Crippen LogP contribution in [0, 0.1) is 23.7 Å². The average Bonchev–Trinajstić information content (AvgIpc) is 3.16. The maximum Gasteiger partial charge on any atom is 0.269 e. The minimum Gasteiger partial charge on any atom is -0.408 e. The molecule has 0 saturated heterocycles. The summed E-state index contributed by atoms with van der Waals surface area (Å²) in [5.74, 6) is 13.9. The Bertz CT molecular complexity index is 1850. The van der Waals surface area contributed by atoms with Gasteiger partial charge < -0.3 is 8.85 Å². The molecular weight excluding hydrogens is 641 g/mol. The van der Waals surface area contributed by atoms with Crippen molar-refractivity contribution in [2.45, 2.75) is 50.7 Å². The van der Waals surface area contributed by atoms with Crippen LogP contribution in [-0.4, -0.2) is 31.7 Å². The largest absolute Gasteiger partial charge is 0.408 e. The van der Waals surface area contributed by atoms with Crippen molar-refractivity contribution in [3.63, 3.8) is 0 Å². The topological polar surface area (TPSA) is 18.5 Å². The van der Waals surface area contributed by atoms with Gasteiger partial charge in [0.25, 0.3) is 19.5 Å². The third-order valence-corrected chi connectivity index (χ3v) is 10.3. The highest BCUT2D eigenvalue weighted by atomic mass is 28.2. The van der Waals surface area contributed by atoms with E-state index in [9.17, 15) is 0 Å². The molecule has 0 saturated carbocycles. The molecule has 5 aromatic rings. The number of rotatable bonds is 16. The lowest BCUT2D eigenvalue weighted by molar-refractivity contribution is 0.209. The fraction of sp³-hybridized carbons (Fsp3) is 0.174. The molecule has 0 aliphatic carbocycles. The third-order valence-electron chi connectivity index (χ3n) is 8.30. The van der Waals surface area contributed by atoms with Crippen molar-refractivity contribution >= 4 is 51.4 Å². The van der Waals surface area contributed by atoms with E-state index >= 15 is 0 Å². The summed E-state index contributed by atoms with van der Waals surface area (Å²) in [4.78, 5) is 0. The van der Waals surface area contributed by atoms with Gasteiger partial charge in [-0.2, -0.15) is 0 Å². The standard InChI is InChI=1S/C46H42O2Si2/c1-5-9-17-37(15-7-3)47-49-39-29-23-35(24-30-39)27-33-45-41-19-11-13-21-43(41)46(44-22-14-12-20-42(44)45)34-28-36-25-31-40(32-26-36)50-48-38(16-8-4)18-10-6-2/h5-8,11-14,19-26,29-32,37-38H,1-4,9-10,15-18H2. The molecule has 2 atom stereocenters. The molecule has 0 amide bonds. The second-order valence-corrected chi connectivity index (χ2v) is 14.0. The Kier molecular flexibility index (Phi) is 14.0. The van der Waals surface area contributed by atoms with Crippen LogP contribution in [-0.2, 0) is 8.85 Å². The van der Waals surface area contributed by atoms with E-state index in [0.717, 1.165) is 92.7 Å². The Balaban J connectivity index is 1.37. The van der Waals surface area contributed by atoms with Crippen LogP contribution >= 0.6 is 0 Å². The molecule has 5 aromatic carbocycles. The summed E-state index contributed by atoms with van der Waals surface area (Å²) in [6, 6.07) is 33.6. The Morgan fingerprint density at radius 3 is 1.16 bits per heavy atom. The monoisotopic (exact) mass is 682 g/mol. The molecule has 0 fully saturated rings. The molecule has 2 unspecified atom stereocenters. The molecule has 4 heteroatoms. The summed E-state index contributed by atoms with van der Waals surface area (Å²) >= 11 is 0. The summed E-state index contributed by atoms with van der Waals surface area (Å²) in [6.07, 6.45) is 13.5. The van der Waals surface area contributed by atoms with Gasteiger partial charge in [-0.3, -0.25) is 0 Å². The van der Waals surface area contributed by atoms with Crippen molar-refractivity contribution in [3.8, 4) is 23.7 Å². The van der Waals surface area contributed by atoms with Crippen LogP contribution in [0.25, 0.3) is 21.5 Å². The molecular formula is C46H42O2Si2. The van der Waals surface area contributed by atoms with Crippen LogP contribution in [0.4, 0.5) is 0 Å². The molecule has 50 heavy (non-hydrogen) atoms. The van der Waals surface area contributed by atoms with E-state index in [1.54, 1.807) is 0 Å². The van der Waals surface area contributed by atoms with Gasteiger partial charge in [0.05, 0.1) is 0 Å². The van der Waals surface area contributed by atoms with Crippen LogP contribution in [0.5, 0.6) is 0 Å².